The van der Waals surface area contributed by atoms with Gasteiger partial charge in [0.15, 0.2) is 11.5 Å². The zero-order chi connectivity index (χ0) is 26.4. The molecule has 1 saturated heterocycles. The Labute approximate surface area is 218 Å². The summed E-state index contributed by atoms with van der Waals surface area (Å²) in [6, 6.07) is 11.7. The van der Waals surface area contributed by atoms with Gasteiger partial charge in [0.05, 0.1) is 18.2 Å². The van der Waals surface area contributed by atoms with Crippen molar-refractivity contribution >= 4 is 17.4 Å². The number of ether oxygens (including phenoxy) is 3. The van der Waals surface area contributed by atoms with Crippen LogP contribution < -0.4 is 14.2 Å². The Morgan fingerprint density at radius 3 is 2.54 bits per heavy atom. The van der Waals surface area contributed by atoms with Crippen LogP contribution in [0.5, 0.6) is 17.2 Å². The van der Waals surface area contributed by atoms with Crippen molar-refractivity contribution in [3.8, 4) is 17.2 Å². The van der Waals surface area contributed by atoms with E-state index in [9.17, 15) is 14.7 Å². The lowest BCUT2D eigenvalue weighted by atomic mass is 9.95. The lowest BCUT2D eigenvalue weighted by Gasteiger charge is -2.28. The molecule has 1 amide bonds. The number of benzene rings is 2. The standard InChI is InChI=1S/C29H36N2O6/c1-4-7-15-35-22-10-8-9-20(18-22)26-25(28(33)29(34)31(26)14-13-30(5-2)6-3)27(32)21-11-12-23-24(19-21)37-17-16-36-23/h8-12,18-19,26,32H,4-7,13-17H2,1-3H3/t26-/m1/s1. The third-order valence-corrected chi connectivity index (χ3v) is 6.85. The number of hydrogen-bond acceptors (Lipinski definition) is 7. The molecule has 4 rings (SSSR count). The Morgan fingerprint density at radius 2 is 1.81 bits per heavy atom. The molecule has 0 spiro atoms. The smallest absolute Gasteiger partial charge is 0.295 e. The number of ketones is 1. The lowest BCUT2D eigenvalue weighted by Crippen LogP contribution is -2.38. The monoisotopic (exact) mass is 508 g/mol. The number of aliphatic hydroxyl groups excluding tert-OH is 1. The molecule has 1 fully saturated rings. The molecule has 0 unspecified atom stereocenters. The Balaban J connectivity index is 1.76. The van der Waals surface area contributed by atoms with E-state index in [-0.39, 0.29) is 11.3 Å². The summed E-state index contributed by atoms with van der Waals surface area (Å²) in [6.07, 6.45) is 1.94. The van der Waals surface area contributed by atoms with Crippen molar-refractivity contribution in [2.75, 3.05) is 46.0 Å². The van der Waals surface area contributed by atoms with Crippen LogP contribution in [0.25, 0.3) is 5.76 Å². The summed E-state index contributed by atoms with van der Waals surface area (Å²) in [5.74, 6) is 0.190. The number of unbranched alkanes of at least 4 members (excludes halogenated alkanes) is 1. The minimum absolute atomic E-state index is 0.0620. The molecule has 2 aromatic rings. The van der Waals surface area contributed by atoms with E-state index in [4.69, 9.17) is 14.2 Å². The number of amides is 1. The summed E-state index contributed by atoms with van der Waals surface area (Å²) in [6.45, 7) is 10.3. The molecule has 0 bridgehead atoms. The van der Waals surface area contributed by atoms with Crippen molar-refractivity contribution in [3.05, 3.63) is 59.2 Å². The third-order valence-electron chi connectivity index (χ3n) is 6.85. The number of fused-ring (bicyclic) bond motifs is 1. The molecule has 1 atom stereocenters. The van der Waals surface area contributed by atoms with Crippen molar-refractivity contribution in [2.45, 2.75) is 39.7 Å². The van der Waals surface area contributed by atoms with Crippen LogP contribution >= 0.6 is 0 Å². The van der Waals surface area contributed by atoms with Gasteiger partial charge in [0.25, 0.3) is 11.7 Å². The van der Waals surface area contributed by atoms with E-state index in [1.807, 2.05) is 24.3 Å². The molecule has 37 heavy (non-hydrogen) atoms. The quantitative estimate of drug-likeness (QED) is 0.208. The second kappa shape index (κ2) is 12.1. The van der Waals surface area contributed by atoms with Gasteiger partial charge >= 0.3 is 0 Å². The van der Waals surface area contributed by atoms with E-state index >= 15 is 0 Å². The zero-order valence-corrected chi connectivity index (χ0v) is 21.9. The molecule has 0 aliphatic carbocycles. The highest BCUT2D eigenvalue weighted by Gasteiger charge is 2.46. The van der Waals surface area contributed by atoms with Crippen LogP contribution in [0.1, 0.15) is 50.8 Å². The summed E-state index contributed by atoms with van der Waals surface area (Å²) >= 11 is 0. The fourth-order valence-electron chi connectivity index (χ4n) is 4.70. The van der Waals surface area contributed by atoms with Crippen molar-refractivity contribution in [3.63, 3.8) is 0 Å². The van der Waals surface area contributed by atoms with E-state index in [2.05, 4.69) is 25.7 Å². The van der Waals surface area contributed by atoms with Gasteiger partial charge in [-0.15, -0.1) is 0 Å². The number of nitrogens with zero attached hydrogens (tertiary/aromatic N) is 2. The van der Waals surface area contributed by atoms with Crippen molar-refractivity contribution in [2.24, 2.45) is 0 Å². The van der Waals surface area contributed by atoms with E-state index in [0.717, 1.165) is 25.9 Å². The van der Waals surface area contributed by atoms with Gasteiger partial charge in [-0.2, -0.15) is 0 Å². The minimum atomic E-state index is -0.738. The highest BCUT2D eigenvalue weighted by molar-refractivity contribution is 6.46. The highest BCUT2D eigenvalue weighted by Crippen LogP contribution is 2.41. The maximum absolute atomic E-state index is 13.4. The molecule has 1 N–H and O–H groups in total. The molecule has 0 saturated carbocycles. The first-order valence-electron chi connectivity index (χ1n) is 13.1. The van der Waals surface area contributed by atoms with E-state index in [1.54, 1.807) is 23.1 Å². The highest BCUT2D eigenvalue weighted by atomic mass is 16.6. The second-order valence-electron chi connectivity index (χ2n) is 9.15. The van der Waals surface area contributed by atoms with Gasteiger partial charge in [-0.3, -0.25) is 9.59 Å². The van der Waals surface area contributed by atoms with Gasteiger partial charge in [-0.05, 0) is 55.4 Å². The Hall–Kier alpha value is -3.52. The Kier molecular flexibility index (Phi) is 8.71. The molecule has 8 heteroatoms. The number of rotatable bonds is 11. The van der Waals surface area contributed by atoms with Crippen molar-refractivity contribution in [1.82, 2.24) is 9.80 Å². The number of hydrogen-bond donors (Lipinski definition) is 1. The number of Topliss-reactive ketones (excluding diaryl/α,β-unsaturated/α-hetero) is 1. The maximum atomic E-state index is 13.4. The number of carbonyl (C=O) groups is 2. The summed E-state index contributed by atoms with van der Waals surface area (Å²) in [7, 11) is 0. The number of likely N-dealkylation sites (N-methyl/N-ethyl adjacent to an activating group) is 1. The average Bonchev–Trinajstić information content (AvgIpc) is 3.18. The Morgan fingerprint density at radius 1 is 1.05 bits per heavy atom. The Bertz CT molecular complexity index is 1160. The SMILES string of the molecule is CCCCOc1cccc([C@@H]2C(=C(O)c3ccc4c(c3)OCCO4)C(=O)C(=O)N2CCN(CC)CC)c1. The number of carbonyl (C=O) groups excluding carboxylic acids is 2. The van der Waals surface area contributed by atoms with Gasteiger partial charge in [0.2, 0.25) is 0 Å². The van der Waals surface area contributed by atoms with Gasteiger partial charge in [-0.25, -0.2) is 0 Å². The molecule has 2 heterocycles. The predicted molar refractivity (Wildman–Crippen MR) is 141 cm³/mol. The first-order valence-corrected chi connectivity index (χ1v) is 13.1. The first kappa shape index (κ1) is 26.5. The first-order chi connectivity index (χ1) is 18.0. The largest absolute Gasteiger partial charge is 0.507 e. The van der Waals surface area contributed by atoms with Crippen molar-refractivity contribution in [1.29, 1.82) is 0 Å². The van der Waals surface area contributed by atoms with Crippen LogP contribution in [0, 0.1) is 0 Å². The van der Waals surface area contributed by atoms with Gasteiger partial charge in [0, 0.05) is 18.7 Å². The third kappa shape index (κ3) is 5.74. The summed E-state index contributed by atoms with van der Waals surface area (Å²) in [4.78, 5) is 30.4. The van der Waals surface area contributed by atoms with Gasteiger partial charge in [0.1, 0.15) is 24.7 Å². The van der Waals surface area contributed by atoms with Gasteiger partial charge < -0.3 is 29.1 Å². The minimum Gasteiger partial charge on any atom is -0.507 e. The van der Waals surface area contributed by atoms with Crippen LogP contribution in [-0.4, -0.2) is 72.6 Å². The van der Waals surface area contributed by atoms with E-state index in [1.165, 1.54) is 0 Å². The number of aliphatic hydroxyl groups is 1. The summed E-state index contributed by atoms with van der Waals surface area (Å²) < 4.78 is 17.2. The molecule has 0 radical (unpaired) electrons. The van der Waals surface area contributed by atoms with Crippen LogP contribution in [0.4, 0.5) is 0 Å². The molecule has 2 aromatic carbocycles. The summed E-state index contributed by atoms with van der Waals surface area (Å²) in [5, 5.41) is 11.4. The van der Waals surface area contributed by atoms with Crippen LogP contribution in [0.15, 0.2) is 48.0 Å². The topological polar surface area (TPSA) is 88.5 Å². The normalized spacial score (nSPS) is 18.5. The van der Waals surface area contributed by atoms with Gasteiger partial charge in [-0.1, -0.05) is 39.3 Å². The second-order valence-corrected chi connectivity index (χ2v) is 9.15. The lowest BCUT2D eigenvalue weighted by molar-refractivity contribution is -0.140. The zero-order valence-electron chi connectivity index (χ0n) is 21.9. The van der Waals surface area contributed by atoms with Crippen LogP contribution in [0.2, 0.25) is 0 Å². The molecule has 2 aliphatic rings. The fourth-order valence-corrected chi connectivity index (χ4v) is 4.70. The maximum Gasteiger partial charge on any atom is 0.295 e. The molecule has 8 nitrogen and oxygen atoms in total. The van der Waals surface area contributed by atoms with E-state index in [0.29, 0.717) is 61.3 Å². The average molecular weight is 509 g/mol. The van der Waals surface area contributed by atoms with E-state index < -0.39 is 17.7 Å². The molecule has 0 aromatic heterocycles. The molecule has 198 valence electrons. The molecule has 2 aliphatic heterocycles. The van der Waals surface area contributed by atoms with Crippen LogP contribution in [-0.2, 0) is 9.59 Å². The predicted octanol–water partition coefficient (Wildman–Crippen LogP) is 4.40. The number of likely N-dealkylation sites (tertiary alicyclic amines) is 1. The fraction of sp³-hybridized carbons (Fsp3) is 0.448. The van der Waals surface area contributed by atoms with Crippen molar-refractivity contribution < 1.29 is 28.9 Å². The van der Waals surface area contributed by atoms with Crippen LogP contribution in [0.3, 0.4) is 0 Å². The summed E-state index contributed by atoms with van der Waals surface area (Å²) in [5.41, 5.74) is 1.17. The molecular formula is C29H36N2O6. The molecular weight excluding hydrogens is 472 g/mol.